The van der Waals surface area contributed by atoms with Gasteiger partial charge in [0.25, 0.3) is 5.91 Å². The van der Waals surface area contributed by atoms with Crippen molar-refractivity contribution in [2.75, 3.05) is 10.2 Å². The zero-order valence-corrected chi connectivity index (χ0v) is 19.9. The van der Waals surface area contributed by atoms with Gasteiger partial charge in [0.15, 0.2) is 0 Å². The molecule has 0 aliphatic carbocycles. The largest absolute Gasteiger partial charge is 0.446 e. The van der Waals surface area contributed by atoms with Gasteiger partial charge in [-0.25, -0.2) is 19.7 Å². The van der Waals surface area contributed by atoms with E-state index in [9.17, 15) is 22.8 Å². The lowest BCUT2D eigenvalue weighted by Gasteiger charge is -2.27. The molecule has 1 aromatic carbocycles. The Balaban J connectivity index is 1.54. The van der Waals surface area contributed by atoms with Crippen LogP contribution in [0.15, 0.2) is 65.7 Å². The number of carbonyl (C=O) groups is 2. The number of hydrogen-bond donors (Lipinski definition) is 1. The number of thioether (sulfide) groups is 1. The van der Waals surface area contributed by atoms with E-state index in [2.05, 4.69) is 15.3 Å². The van der Waals surface area contributed by atoms with E-state index in [0.29, 0.717) is 11.6 Å². The van der Waals surface area contributed by atoms with Crippen molar-refractivity contribution in [3.8, 4) is 0 Å². The molecule has 3 aromatic rings. The zero-order chi connectivity index (χ0) is 25.4. The van der Waals surface area contributed by atoms with Gasteiger partial charge in [-0.3, -0.25) is 4.79 Å². The first kappa shape index (κ1) is 24.5. The minimum Gasteiger partial charge on any atom is -0.325 e. The van der Waals surface area contributed by atoms with Gasteiger partial charge in [-0.05, 0) is 86.6 Å². The van der Waals surface area contributed by atoms with E-state index < -0.39 is 23.0 Å². The first-order valence-corrected chi connectivity index (χ1v) is 11.4. The SMILES string of the molecule is Cc1cccc(Nc2cc(CN3C(=O)N(c4ccc(SC(F)(F)F)cc4)C(=O)C3(C)C)ccn2)n1. The van der Waals surface area contributed by atoms with Crippen molar-refractivity contribution in [2.45, 2.75) is 43.3 Å². The number of nitrogens with one attached hydrogen (secondary N) is 1. The molecule has 0 atom stereocenters. The van der Waals surface area contributed by atoms with Crippen molar-refractivity contribution in [3.05, 3.63) is 72.1 Å². The van der Waals surface area contributed by atoms with Gasteiger partial charge in [0, 0.05) is 23.3 Å². The quantitative estimate of drug-likeness (QED) is 0.335. The number of halogens is 3. The van der Waals surface area contributed by atoms with Crippen LogP contribution in [0.3, 0.4) is 0 Å². The Morgan fingerprint density at radius 2 is 1.74 bits per heavy atom. The van der Waals surface area contributed by atoms with Gasteiger partial charge >= 0.3 is 11.5 Å². The summed E-state index contributed by atoms with van der Waals surface area (Å²) in [5.74, 6) is 0.696. The highest BCUT2D eigenvalue weighted by Crippen LogP contribution is 2.39. The third-order valence-corrected chi connectivity index (χ3v) is 6.20. The Kier molecular flexibility index (Phi) is 6.46. The van der Waals surface area contributed by atoms with E-state index in [1.165, 1.54) is 29.2 Å². The highest BCUT2D eigenvalue weighted by Gasteiger charge is 2.51. The summed E-state index contributed by atoms with van der Waals surface area (Å²) >= 11 is -0.257. The van der Waals surface area contributed by atoms with E-state index in [4.69, 9.17) is 0 Å². The fourth-order valence-corrected chi connectivity index (χ4v) is 4.23. The Morgan fingerprint density at radius 3 is 2.40 bits per heavy atom. The van der Waals surface area contributed by atoms with Crippen molar-refractivity contribution in [2.24, 2.45) is 0 Å². The van der Waals surface area contributed by atoms with Crippen LogP contribution >= 0.6 is 11.8 Å². The molecule has 0 bridgehead atoms. The zero-order valence-electron chi connectivity index (χ0n) is 19.1. The number of hydrogen-bond acceptors (Lipinski definition) is 6. The fourth-order valence-electron chi connectivity index (χ4n) is 3.69. The van der Waals surface area contributed by atoms with E-state index in [-0.39, 0.29) is 28.9 Å². The maximum atomic E-state index is 13.3. The van der Waals surface area contributed by atoms with Crippen LogP contribution < -0.4 is 10.2 Å². The number of rotatable bonds is 6. The summed E-state index contributed by atoms with van der Waals surface area (Å²) in [4.78, 5) is 37.5. The molecule has 1 N–H and O–H groups in total. The Bertz CT molecular complexity index is 1260. The molecule has 1 aliphatic heterocycles. The number of benzene rings is 1. The molecule has 1 fully saturated rings. The Labute approximate surface area is 204 Å². The highest BCUT2D eigenvalue weighted by atomic mass is 32.2. The van der Waals surface area contributed by atoms with Gasteiger partial charge in [-0.1, -0.05) is 6.07 Å². The highest BCUT2D eigenvalue weighted by molar-refractivity contribution is 8.00. The first-order valence-electron chi connectivity index (χ1n) is 10.6. The van der Waals surface area contributed by atoms with Crippen molar-refractivity contribution in [1.82, 2.24) is 14.9 Å². The summed E-state index contributed by atoms with van der Waals surface area (Å²) in [6.07, 6.45) is 1.59. The van der Waals surface area contributed by atoms with E-state index in [0.717, 1.165) is 16.2 Å². The molecule has 0 unspecified atom stereocenters. The van der Waals surface area contributed by atoms with Gasteiger partial charge in [0.2, 0.25) is 0 Å². The lowest BCUT2D eigenvalue weighted by molar-refractivity contribution is -0.123. The van der Waals surface area contributed by atoms with Crippen LogP contribution in [0.5, 0.6) is 0 Å². The molecule has 2 aromatic heterocycles. The number of carbonyl (C=O) groups excluding carboxylic acids is 2. The van der Waals surface area contributed by atoms with Gasteiger partial charge in [0.1, 0.15) is 17.2 Å². The maximum Gasteiger partial charge on any atom is 0.446 e. The van der Waals surface area contributed by atoms with Gasteiger partial charge < -0.3 is 10.2 Å². The molecule has 4 rings (SSSR count). The molecule has 7 nitrogen and oxygen atoms in total. The lowest BCUT2D eigenvalue weighted by Crippen LogP contribution is -2.43. The summed E-state index contributed by atoms with van der Waals surface area (Å²) in [5.41, 5.74) is -3.79. The smallest absolute Gasteiger partial charge is 0.325 e. The number of aromatic nitrogens is 2. The van der Waals surface area contributed by atoms with Gasteiger partial charge in [-0.15, -0.1) is 0 Å². The third-order valence-electron chi connectivity index (χ3n) is 5.46. The Hall–Kier alpha value is -3.60. The number of amides is 3. The number of imide groups is 1. The van der Waals surface area contributed by atoms with Crippen LogP contribution in [0.1, 0.15) is 25.1 Å². The molecule has 0 spiro atoms. The lowest BCUT2D eigenvalue weighted by atomic mass is 10.0. The summed E-state index contributed by atoms with van der Waals surface area (Å²) in [7, 11) is 0. The number of pyridine rings is 2. The van der Waals surface area contributed by atoms with Crippen LogP contribution in [0.4, 0.5) is 35.3 Å². The van der Waals surface area contributed by atoms with E-state index in [1.54, 1.807) is 32.2 Å². The van der Waals surface area contributed by atoms with Crippen LogP contribution in [0.25, 0.3) is 0 Å². The van der Waals surface area contributed by atoms with E-state index >= 15 is 0 Å². The topological polar surface area (TPSA) is 78.4 Å². The average molecular weight is 502 g/mol. The van der Waals surface area contributed by atoms with Crippen LogP contribution in [0.2, 0.25) is 0 Å². The number of aryl methyl sites for hydroxylation is 1. The predicted octanol–water partition coefficient (Wildman–Crippen LogP) is 5.89. The third kappa shape index (κ3) is 5.40. The molecule has 0 radical (unpaired) electrons. The van der Waals surface area contributed by atoms with Crippen LogP contribution in [-0.4, -0.2) is 37.9 Å². The van der Waals surface area contributed by atoms with Gasteiger partial charge in [-0.2, -0.15) is 13.2 Å². The Morgan fingerprint density at radius 1 is 1.03 bits per heavy atom. The molecule has 182 valence electrons. The summed E-state index contributed by atoms with van der Waals surface area (Å²) in [6.45, 7) is 5.28. The number of nitrogens with zero attached hydrogens (tertiary/aromatic N) is 4. The molecule has 35 heavy (non-hydrogen) atoms. The molecule has 11 heteroatoms. The minimum atomic E-state index is -4.42. The monoisotopic (exact) mass is 501 g/mol. The average Bonchev–Trinajstić information content (AvgIpc) is 2.93. The summed E-state index contributed by atoms with van der Waals surface area (Å²) in [6, 6.07) is 13.7. The molecular formula is C24H22F3N5O2S. The van der Waals surface area contributed by atoms with Crippen molar-refractivity contribution in [3.63, 3.8) is 0 Å². The molecule has 3 amide bonds. The fraction of sp³-hybridized carbons (Fsp3) is 0.250. The molecule has 1 saturated heterocycles. The maximum absolute atomic E-state index is 13.3. The summed E-state index contributed by atoms with van der Waals surface area (Å²) < 4.78 is 37.9. The van der Waals surface area contributed by atoms with Crippen molar-refractivity contribution < 1.29 is 22.8 Å². The van der Waals surface area contributed by atoms with Crippen molar-refractivity contribution >= 4 is 41.0 Å². The second-order valence-corrected chi connectivity index (χ2v) is 9.59. The molecule has 3 heterocycles. The normalized spacial score (nSPS) is 15.6. The van der Waals surface area contributed by atoms with Gasteiger partial charge in [0.05, 0.1) is 5.69 Å². The predicted molar refractivity (Wildman–Crippen MR) is 127 cm³/mol. The first-order chi connectivity index (χ1) is 16.4. The summed E-state index contributed by atoms with van der Waals surface area (Å²) in [5, 5.41) is 3.12. The molecule has 0 saturated carbocycles. The minimum absolute atomic E-state index is 0.0311. The number of anilines is 3. The number of urea groups is 1. The molecule has 1 aliphatic rings. The van der Waals surface area contributed by atoms with E-state index in [1.807, 2.05) is 25.1 Å². The standard InChI is InChI=1S/C24H22F3N5O2S/c1-15-5-4-6-19(29-15)30-20-13-16(11-12-28-20)14-31-22(34)32(21(33)23(31,2)3)17-7-9-18(10-8-17)35-24(25,26)27/h4-13H,14H2,1-3H3,(H,28,29,30). The van der Waals surface area contributed by atoms with Crippen LogP contribution in [-0.2, 0) is 11.3 Å². The van der Waals surface area contributed by atoms with Crippen LogP contribution in [0, 0.1) is 6.92 Å². The number of alkyl halides is 3. The second-order valence-electron chi connectivity index (χ2n) is 8.45. The second kappa shape index (κ2) is 9.21. The molecular weight excluding hydrogens is 479 g/mol. The van der Waals surface area contributed by atoms with Crippen molar-refractivity contribution in [1.29, 1.82) is 0 Å².